The highest BCUT2D eigenvalue weighted by Gasteiger charge is 2.16. The van der Waals surface area contributed by atoms with E-state index in [2.05, 4.69) is 26.1 Å². The van der Waals surface area contributed by atoms with E-state index in [4.69, 9.17) is 17.3 Å². The molecule has 0 aliphatic carbocycles. The molecule has 0 aliphatic heterocycles. The quantitative estimate of drug-likeness (QED) is 0.836. The van der Waals surface area contributed by atoms with E-state index < -0.39 is 0 Å². The number of anilines is 2. The summed E-state index contributed by atoms with van der Waals surface area (Å²) in [5.74, 6) is -0.0966. The van der Waals surface area contributed by atoms with Crippen LogP contribution in [0, 0.1) is 5.41 Å². The largest absolute Gasteiger partial charge is 0.397 e. The van der Waals surface area contributed by atoms with E-state index in [0.717, 1.165) is 6.54 Å². The van der Waals surface area contributed by atoms with Gasteiger partial charge in [0.25, 0.3) is 0 Å². The number of benzene rings is 1. The van der Waals surface area contributed by atoms with Gasteiger partial charge in [-0.05, 0) is 30.7 Å². The van der Waals surface area contributed by atoms with E-state index in [9.17, 15) is 4.79 Å². The third-order valence-electron chi connectivity index (χ3n) is 2.45. The maximum absolute atomic E-state index is 11.9. The van der Waals surface area contributed by atoms with Crippen LogP contribution in [0.5, 0.6) is 0 Å². The first-order valence-corrected chi connectivity index (χ1v) is 6.58. The van der Waals surface area contributed by atoms with Crippen LogP contribution in [-0.4, -0.2) is 30.9 Å². The molecule has 0 saturated heterocycles. The van der Waals surface area contributed by atoms with Crippen molar-refractivity contribution in [2.75, 3.05) is 31.2 Å². The lowest BCUT2D eigenvalue weighted by Crippen LogP contribution is -2.35. The zero-order chi connectivity index (χ0) is 14.6. The van der Waals surface area contributed by atoms with Crippen molar-refractivity contribution in [1.82, 2.24) is 4.90 Å². The molecule has 1 aromatic rings. The Morgan fingerprint density at radius 3 is 2.63 bits per heavy atom. The number of nitrogens with one attached hydrogen (secondary N) is 1. The molecule has 19 heavy (non-hydrogen) atoms. The van der Waals surface area contributed by atoms with Crippen molar-refractivity contribution in [3.8, 4) is 0 Å². The zero-order valence-corrected chi connectivity index (χ0v) is 12.7. The number of nitrogens with zero attached hydrogens (tertiary/aromatic N) is 1. The van der Waals surface area contributed by atoms with Crippen LogP contribution in [0.2, 0.25) is 5.02 Å². The molecule has 1 rings (SSSR count). The van der Waals surface area contributed by atoms with E-state index in [0.29, 0.717) is 22.9 Å². The maximum Gasteiger partial charge on any atom is 0.238 e. The number of hydrogen-bond acceptors (Lipinski definition) is 3. The van der Waals surface area contributed by atoms with Crippen LogP contribution >= 0.6 is 11.6 Å². The molecule has 5 heteroatoms. The predicted octanol–water partition coefficient (Wildman–Crippen LogP) is 2.84. The van der Waals surface area contributed by atoms with E-state index >= 15 is 0 Å². The van der Waals surface area contributed by atoms with Gasteiger partial charge in [-0.2, -0.15) is 0 Å². The normalized spacial score (nSPS) is 11.7. The molecule has 0 fully saturated rings. The monoisotopic (exact) mass is 283 g/mol. The first-order chi connectivity index (χ1) is 8.67. The summed E-state index contributed by atoms with van der Waals surface area (Å²) in [5, 5.41) is 3.33. The van der Waals surface area contributed by atoms with Crippen LogP contribution in [0.4, 0.5) is 11.4 Å². The second-order valence-electron chi connectivity index (χ2n) is 6.01. The highest BCUT2D eigenvalue weighted by atomic mass is 35.5. The average Bonchev–Trinajstić information content (AvgIpc) is 2.20. The minimum Gasteiger partial charge on any atom is -0.397 e. The van der Waals surface area contributed by atoms with Crippen molar-refractivity contribution in [2.45, 2.75) is 20.8 Å². The van der Waals surface area contributed by atoms with E-state index in [-0.39, 0.29) is 11.3 Å². The molecule has 0 atom stereocenters. The van der Waals surface area contributed by atoms with Gasteiger partial charge in [0.05, 0.1) is 17.9 Å². The van der Waals surface area contributed by atoms with E-state index in [1.165, 1.54) is 0 Å². The van der Waals surface area contributed by atoms with Crippen LogP contribution < -0.4 is 11.1 Å². The van der Waals surface area contributed by atoms with Crippen LogP contribution in [0.15, 0.2) is 18.2 Å². The molecular formula is C14H22ClN3O. The number of rotatable bonds is 4. The Bertz CT molecular complexity index is 454. The molecule has 0 heterocycles. The van der Waals surface area contributed by atoms with Gasteiger partial charge in [-0.1, -0.05) is 32.4 Å². The van der Waals surface area contributed by atoms with Crippen molar-refractivity contribution in [1.29, 1.82) is 0 Å². The van der Waals surface area contributed by atoms with Gasteiger partial charge >= 0.3 is 0 Å². The summed E-state index contributed by atoms with van der Waals surface area (Å²) < 4.78 is 0. The Hall–Kier alpha value is -1.26. The number of likely N-dealkylation sites (N-methyl/N-ethyl adjacent to an activating group) is 1. The molecule has 3 N–H and O–H groups in total. The number of carbonyl (C=O) groups excluding carboxylic acids is 1. The molecule has 0 spiro atoms. The predicted molar refractivity (Wildman–Crippen MR) is 81.4 cm³/mol. The average molecular weight is 284 g/mol. The van der Waals surface area contributed by atoms with Crippen LogP contribution in [0.1, 0.15) is 20.8 Å². The molecule has 0 bridgehead atoms. The number of carbonyl (C=O) groups is 1. The number of nitrogens with two attached hydrogens (primary N) is 1. The number of amides is 1. The molecule has 0 saturated carbocycles. The lowest BCUT2D eigenvalue weighted by Gasteiger charge is -2.26. The first kappa shape index (κ1) is 15.8. The Kier molecular flexibility index (Phi) is 5.20. The molecular weight excluding hydrogens is 262 g/mol. The molecule has 106 valence electrons. The lowest BCUT2D eigenvalue weighted by atomic mass is 9.96. The van der Waals surface area contributed by atoms with Gasteiger partial charge in [-0.3, -0.25) is 9.69 Å². The Labute approximate surface area is 119 Å². The zero-order valence-electron chi connectivity index (χ0n) is 12.0. The van der Waals surface area contributed by atoms with Gasteiger partial charge in [0, 0.05) is 11.6 Å². The third kappa shape index (κ3) is 5.94. The van der Waals surface area contributed by atoms with Crippen molar-refractivity contribution >= 4 is 28.9 Å². The van der Waals surface area contributed by atoms with Gasteiger partial charge in [-0.15, -0.1) is 0 Å². The minimum absolute atomic E-state index is 0.0966. The molecule has 0 aromatic heterocycles. The van der Waals surface area contributed by atoms with Gasteiger partial charge < -0.3 is 11.1 Å². The molecule has 0 radical (unpaired) electrons. The fourth-order valence-electron chi connectivity index (χ4n) is 1.94. The fraction of sp³-hybridized carbons (Fsp3) is 0.500. The smallest absolute Gasteiger partial charge is 0.238 e. The van der Waals surface area contributed by atoms with Crippen molar-refractivity contribution in [3.63, 3.8) is 0 Å². The first-order valence-electron chi connectivity index (χ1n) is 6.21. The molecule has 0 aliphatic rings. The lowest BCUT2D eigenvalue weighted by molar-refractivity contribution is -0.117. The summed E-state index contributed by atoms with van der Waals surface area (Å²) in [6, 6.07) is 5.02. The van der Waals surface area contributed by atoms with Crippen LogP contribution in [0.3, 0.4) is 0 Å². The topological polar surface area (TPSA) is 58.4 Å². The van der Waals surface area contributed by atoms with Gasteiger partial charge in [0.15, 0.2) is 0 Å². The minimum atomic E-state index is -0.0966. The number of hydrogen-bond donors (Lipinski definition) is 2. The second-order valence-corrected chi connectivity index (χ2v) is 6.45. The molecule has 1 aromatic carbocycles. The van der Waals surface area contributed by atoms with Crippen molar-refractivity contribution < 1.29 is 4.79 Å². The maximum atomic E-state index is 11.9. The second kappa shape index (κ2) is 6.26. The fourth-order valence-corrected chi connectivity index (χ4v) is 2.11. The van der Waals surface area contributed by atoms with Crippen LogP contribution in [0.25, 0.3) is 0 Å². The number of halogens is 1. The van der Waals surface area contributed by atoms with Crippen LogP contribution in [-0.2, 0) is 4.79 Å². The third-order valence-corrected chi connectivity index (χ3v) is 2.68. The number of nitrogen functional groups attached to an aromatic ring is 1. The summed E-state index contributed by atoms with van der Waals surface area (Å²) in [7, 11) is 1.92. The summed E-state index contributed by atoms with van der Waals surface area (Å²) >= 11 is 5.88. The Morgan fingerprint density at radius 2 is 2.05 bits per heavy atom. The van der Waals surface area contributed by atoms with Gasteiger partial charge in [0.2, 0.25) is 5.91 Å². The highest BCUT2D eigenvalue weighted by Crippen LogP contribution is 2.22. The molecule has 4 nitrogen and oxygen atoms in total. The molecule has 1 amide bonds. The summed E-state index contributed by atoms with van der Waals surface area (Å²) in [6.45, 7) is 7.57. The Morgan fingerprint density at radius 1 is 1.42 bits per heavy atom. The summed E-state index contributed by atoms with van der Waals surface area (Å²) in [4.78, 5) is 13.9. The Balaban J connectivity index is 2.58. The highest BCUT2D eigenvalue weighted by molar-refractivity contribution is 6.31. The van der Waals surface area contributed by atoms with E-state index in [1.54, 1.807) is 18.2 Å². The molecule has 0 unspecified atom stereocenters. The SMILES string of the molecule is CN(CC(=O)Nc1cc(Cl)ccc1N)CC(C)(C)C. The van der Waals surface area contributed by atoms with Crippen molar-refractivity contribution in [2.24, 2.45) is 5.41 Å². The van der Waals surface area contributed by atoms with Gasteiger partial charge in [-0.25, -0.2) is 0 Å². The van der Waals surface area contributed by atoms with E-state index in [1.807, 2.05) is 11.9 Å². The van der Waals surface area contributed by atoms with Gasteiger partial charge in [0.1, 0.15) is 0 Å². The summed E-state index contributed by atoms with van der Waals surface area (Å²) in [6.07, 6.45) is 0. The summed E-state index contributed by atoms with van der Waals surface area (Å²) in [5.41, 5.74) is 7.01. The standard InChI is InChI=1S/C14H22ClN3O/c1-14(2,3)9-18(4)8-13(19)17-12-7-10(15)5-6-11(12)16/h5-7H,8-9,16H2,1-4H3,(H,17,19). The van der Waals surface area contributed by atoms with Crippen molar-refractivity contribution in [3.05, 3.63) is 23.2 Å².